The van der Waals surface area contributed by atoms with Crippen LogP contribution in [0.3, 0.4) is 0 Å². The summed E-state index contributed by atoms with van der Waals surface area (Å²) in [5, 5.41) is 12.0. The van der Waals surface area contributed by atoms with Crippen LogP contribution in [0.25, 0.3) is 0 Å². The number of hydrogen-bond acceptors (Lipinski definition) is 3. The first-order valence-corrected chi connectivity index (χ1v) is 7.48. The Morgan fingerprint density at radius 1 is 1.29 bits per heavy atom. The maximum Gasteiger partial charge on any atom is 0.416 e. The second-order valence-electron chi connectivity index (χ2n) is 5.34. The summed E-state index contributed by atoms with van der Waals surface area (Å²) in [5.41, 5.74) is -0.517. The van der Waals surface area contributed by atoms with Crippen LogP contribution in [0, 0.1) is 0 Å². The number of nitrogens with one attached hydrogen (secondary N) is 1. The van der Waals surface area contributed by atoms with Crippen LogP contribution in [0.5, 0.6) is 0 Å². The molecule has 2 unspecified atom stereocenters. The fourth-order valence-electron chi connectivity index (χ4n) is 2.47. The molecule has 1 amide bonds. The Balaban J connectivity index is 2.20. The number of hydrogen-bond donors (Lipinski definition) is 2. The Bertz CT molecular complexity index is 668. The molecule has 0 bridgehead atoms. The van der Waals surface area contributed by atoms with E-state index >= 15 is 0 Å². The van der Waals surface area contributed by atoms with Gasteiger partial charge in [0.25, 0.3) is 0 Å². The van der Waals surface area contributed by atoms with Gasteiger partial charge in [0.1, 0.15) is 11.8 Å². The fourth-order valence-corrected chi connectivity index (χ4v) is 2.47. The van der Waals surface area contributed by atoms with Gasteiger partial charge in [-0.1, -0.05) is 25.1 Å². The maximum atomic E-state index is 12.8. The molecule has 1 aromatic carbocycles. The van der Waals surface area contributed by atoms with E-state index in [9.17, 15) is 23.1 Å². The molecular weight excluding hydrogens is 323 g/mol. The predicted octanol–water partition coefficient (Wildman–Crippen LogP) is 3.64. The van der Waals surface area contributed by atoms with Crippen LogP contribution in [-0.2, 0) is 11.0 Å². The van der Waals surface area contributed by atoms with E-state index in [2.05, 4.69) is 5.32 Å². The summed E-state index contributed by atoms with van der Waals surface area (Å²) >= 11 is 0. The average Bonchev–Trinajstić information content (AvgIpc) is 3.07. The van der Waals surface area contributed by atoms with E-state index in [4.69, 9.17) is 4.42 Å². The highest BCUT2D eigenvalue weighted by molar-refractivity contribution is 5.84. The van der Waals surface area contributed by atoms with Crippen molar-refractivity contribution >= 4 is 5.91 Å². The minimum absolute atomic E-state index is 0.279. The lowest BCUT2D eigenvalue weighted by molar-refractivity contribution is -0.137. The Hall–Kier alpha value is -2.28. The van der Waals surface area contributed by atoms with Gasteiger partial charge in [0.15, 0.2) is 0 Å². The third kappa shape index (κ3) is 4.17. The molecule has 0 fully saturated rings. The van der Waals surface area contributed by atoms with Crippen LogP contribution >= 0.6 is 0 Å². The van der Waals surface area contributed by atoms with E-state index in [0.717, 1.165) is 12.1 Å². The van der Waals surface area contributed by atoms with Gasteiger partial charge < -0.3 is 14.8 Å². The second kappa shape index (κ2) is 7.53. The summed E-state index contributed by atoms with van der Waals surface area (Å²) in [7, 11) is 0. The number of aliphatic hydroxyl groups excluding tert-OH is 1. The first kappa shape index (κ1) is 18.1. The Morgan fingerprint density at radius 3 is 2.58 bits per heavy atom. The standard InChI is InChI=1S/C17H18F3NO3/c1-2-13(11-5-3-6-12(9-11)17(18,19)20)16(23)21-14(10-22)15-7-4-8-24-15/h3-9,13-14,22H,2,10H2,1H3,(H,21,23). The molecule has 7 heteroatoms. The van der Waals surface area contributed by atoms with Gasteiger partial charge in [-0.15, -0.1) is 0 Å². The van der Waals surface area contributed by atoms with E-state index < -0.39 is 29.6 Å². The molecule has 0 aliphatic rings. The van der Waals surface area contributed by atoms with Gasteiger partial charge in [-0.25, -0.2) is 0 Å². The number of alkyl halides is 3. The van der Waals surface area contributed by atoms with Gasteiger partial charge in [-0.3, -0.25) is 4.79 Å². The number of carbonyl (C=O) groups is 1. The quantitative estimate of drug-likeness (QED) is 0.843. The van der Waals surface area contributed by atoms with Crippen LogP contribution < -0.4 is 5.32 Å². The molecule has 1 heterocycles. The second-order valence-corrected chi connectivity index (χ2v) is 5.34. The zero-order chi connectivity index (χ0) is 17.7. The minimum atomic E-state index is -4.47. The summed E-state index contributed by atoms with van der Waals surface area (Å²) in [6.45, 7) is 1.34. The van der Waals surface area contributed by atoms with Crippen molar-refractivity contribution < 1.29 is 27.5 Å². The lowest BCUT2D eigenvalue weighted by Crippen LogP contribution is -2.34. The van der Waals surface area contributed by atoms with E-state index in [-0.39, 0.29) is 12.2 Å². The smallest absolute Gasteiger partial charge is 0.416 e. The number of amides is 1. The van der Waals surface area contributed by atoms with Gasteiger partial charge in [0, 0.05) is 0 Å². The third-order valence-corrected chi connectivity index (χ3v) is 3.73. The van der Waals surface area contributed by atoms with Crippen LogP contribution in [0.2, 0.25) is 0 Å². The molecule has 2 atom stereocenters. The van der Waals surface area contributed by atoms with Crippen LogP contribution in [0.15, 0.2) is 47.1 Å². The summed E-state index contributed by atoms with van der Waals surface area (Å²) in [6, 6.07) is 7.20. The molecule has 2 aromatic rings. The lowest BCUT2D eigenvalue weighted by atomic mass is 9.93. The van der Waals surface area contributed by atoms with Gasteiger partial charge in [-0.2, -0.15) is 13.2 Å². The van der Waals surface area contributed by atoms with Crippen molar-refractivity contribution in [1.82, 2.24) is 5.32 Å². The van der Waals surface area contributed by atoms with Crippen molar-refractivity contribution in [3.8, 4) is 0 Å². The normalized spacial score (nSPS) is 14.2. The van der Waals surface area contributed by atoms with Gasteiger partial charge in [0.2, 0.25) is 5.91 Å². The van der Waals surface area contributed by atoms with E-state index in [0.29, 0.717) is 12.2 Å². The minimum Gasteiger partial charge on any atom is -0.467 e. The van der Waals surface area contributed by atoms with E-state index in [1.165, 1.54) is 18.4 Å². The zero-order valence-corrected chi connectivity index (χ0v) is 13.0. The number of rotatable bonds is 6. The van der Waals surface area contributed by atoms with Crippen molar-refractivity contribution in [3.63, 3.8) is 0 Å². The van der Waals surface area contributed by atoms with Crippen LogP contribution in [0.1, 0.15) is 42.2 Å². The largest absolute Gasteiger partial charge is 0.467 e. The predicted molar refractivity (Wildman–Crippen MR) is 81.2 cm³/mol. The molecule has 1 aromatic heterocycles. The molecule has 130 valence electrons. The summed E-state index contributed by atoms with van der Waals surface area (Å²) in [4.78, 5) is 12.5. The highest BCUT2D eigenvalue weighted by atomic mass is 19.4. The van der Waals surface area contributed by atoms with Crippen molar-refractivity contribution in [2.45, 2.75) is 31.5 Å². The zero-order valence-electron chi connectivity index (χ0n) is 13.0. The molecule has 2 N–H and O–H groups in total. The molecule has 0 saturated heterocycles. The maximum absolute atomic E-state index is 12.8. The van der Waals surface area contributed by atoms with Crippen molar-refractivity contribution in [2.24, 2.45) is 0 Å². The lowest BCUT2D eigenvalue weighted by Gasteiger charge is -2.20. The van der Waals surface area contributed by atoms with Crippen molar-refractivity contribution in [3.05, 3.63) is 59.5 Å². The number of furan rings is 1. The summed E-state index contributed by atoms with van der Waals surface area (Å²) in [6.07, 6.45) is -2.73. The van der Waals surface area contributed by atoms with E-state index in [1.807, 2.05) is 0 Å². The summed E-state index contributed by atoms with van der Waals surface area (Å²) < 4.78 is 43.7. The van der Waals surface area contributed by atoms with E-state index in [1.54, 1.807) is 19.1 Å². The molecule has 24 heavy (non-hydrogen) atoms. The molecule has 0 aliphatic heterocycles. The van der Waals surface area contributed by atoms with Crippen molar-refractivity contribution in [2.75, 3.05) is 6.61 Å². The molecule has 2 rings (SSSR count). The molecule has 0 saturated carbocycles. The first-order valence-electron chi connectivity index (χ1n) is 7.48. The molecule has 0 spiro atoms. The number of benzene rings is 1. The number of carbonyl (C=O) groups excluding carboxylic acids is 1. The SMILES string of the molecule is CCC(C(=O)NC(CO)c1ccco1)c1cccc(C(F)(F)F)c1. The van der Waals surface area contributed by atoms with Gasteiger partial charge >= 0.3 is 6.18 Å². The van der Waals surface area contributed by atoms with Gasteiger partial charge in [-0.05, 0) is 30.2 Å². The van der Waals surface area contributed by atoms with Gasteiger partial charge in [0.05, 0.1) is 24.4 Å². The number of halogens is 3. The third-order valence-electron chi connectivity index (χ3n) is 3.73. The molecular formula is C17H18F3NO3. The van der Waals surface area contributed by atoms with Crippen LogP contribution in [-0.4, -0.2) is 17.6 Å². The highest BCUT2D eigenvalue weighted by Crippen LogP contribution is 2.32. The van der Waals surface area contributed by atoms with Crippen LogP contribution in [0.4, 0.5) is 13.2 Å². The highest BCUT2D eigenvalue weighted by Gasteiger charge is 2.32. The molecule has 4 nitrogen and oxygen atoms in total. The Kier molecular flexibility index (Phi) is 5.66. The topological polar surface area (TPSA) is 62.5 Å². The fraction of sp³-hybridized carbons (Fsp3) is 0.353. The first-order chi connectivity index (χ1) is 11.4. The van der Waals surface area contributed by atoms with Crippen molar-refractivity contribution in [1.29, 1.82) is 0 Å². The number of aliphatic hydroxyl groups is 1. The monoisotopic (exact) mass is 341 g/mol. The summed E-state index contributed by atoms with van der Waals surface area (Å²) in [5.74, 6) is -0.840. The molecule has 0 radical (unpaired) electrons. The average molecular weight is 341 g/mol. The Labute approximate surface area is 137 Å². The molecule has 0 aliphatic carbocycles. The Morgan fingerprint density at radius 2 is 2.04 bits per heavy atom.